The number of aryl methyl sites for hydroxylation is 1. The largest absolute Gasteiger partial charge is 0.345 e. The van der Waals surface area contributed by atoms with Crippen LogP contribution < -0.4 is 4.90 Å². The summed E-state index contributed by atoms with van der Waals surface area (Å²) in [6.07, 6.45) is 0.823. The van der Waals surface area contributed by atoms with E-state index in [1.54, 1.807) is 12.1 Å². The van der Waals surface area contributed by atoms with Gasteiger partial charge in [0.2, 0.25) is 5.13 Å². The number of benzene rings is 1. The molecule has 90 valence electrons. The lowest BCUT2D eigenvalue weighted by molar-refractivity contribution is 0.608. The molecule has 1 aromatic heterocycles. The molecule has 2 aromatic rings. The predicted octanol–water partition coefficient (Wildman–Crippen LogP) is 2.88. The molecule has 0 saturated carbocycles. The summed E-state index contributed by atoms with van der Waals surface area (Å²) in [5.41, 5.74) is 0.670. The molecule has 17 heavy (non-hydrogen) atoms. The van der Waals surface area contributed by atoms with E-state index in [1.165, 1.54) is 17.6 Å². The Kier molecular flexibility index (Phi) is 3.68. The van der Waals surface area contributed by atoms with E-state index < -0.39 is 0 Å². The van der Waals surface area contributed by atoms with Crippen LogP contribution in [0.5, 0.6) is 0 Å². The van der Waals surface area contributed by atoms with Gasteiger partial charge in [0.05, 0.1) is 0 Å². The van der Waals surface area contributed by atoms with E-state index in [0.717, 1.165) is 17.4 Å². The van der Waals surface area contributed by atoms with Crippen LogP contribution in [-0.4, -0.2) is 16.4 Å². The minimum absolute atomic E-state index is 0.181. The monoisotopic (exact) mass is 251 g/mol. The van der Waals surface area contributed by atoms with E-state index in [4.69, 9.17) is 0 Å². The predicted molar refractivity (Wildman–Crippen MR) is 67.8 cm³/mol. The normalized spacial score (nSPS) is 10.5. The second-order valence-electron chi connectivity index (χ2n) is 3.79. The van der Waals surface area contributed by atoms with Crippen molar-refractivity contribution in [1.82, 2.24) is 9.36 Å². The van der Waals surface area contributed by atoms with Gasteiger partial charge in [-0.2, -0.15) is 4.37 Å². The van der Waals surface area contributed by atoms with Crippen molar-refractivity contribution in [2.45, 2.75) is 19.9 Å². The first kappa shape index (κ1) is 12.0. The summed E-state index contributed by atoms with van der Waals surface area (Å²) in [6.45, 7) is 2.52. The zero-order valence-electron chi connectivity index (χ0n) is 9.85. The summed E-state index contributed by atoms with van der Waals surface area (Å²) in [6, 6.07) is 6.79. The lowest BCUT2D eigenvalue weighted by Gasteiger charge is -2.15. The second-order valence-corrected chi connectivity index (χ2v) is 4.52. The van der Waals surface area contributed by atoms with Crippen LogP contribution in [0.15, 0.2) is 24.3 Å². The fourth-order valence-corrected chi connectivity index (χ4v) is 2.20. The zero-order valence-corrected chi connectivity index (χ0v) is 10.7. The number of anilines is 1. The third-order valence-corrected chi connectivity index (χ3v) is 3.33. The third kappa shape index (κ3) is 2.79. The standard InChI is InChI=1S/C12H14FN3S/c1-3-11-14-12(17-15-11)16(2)8-9-6-4-5-7-10(9)13/h4-7H,3,8H2,1-2H3. The molecule has 0 unspecified atom stereocenters. The van der Waals surface area contributed by atoms with Gasteiger partial charge in [0.25, 0.3) is 0 Å². The smallest absolute Gasteiger partial charge is 0.205 e. The Morgan fingerprint density at radius 3 is 2.76 bits per heavy atom. The van der Waals surface area contributed by atoms with Gasteiger partial charge in [-0.3, -0.25) is 0 Å². The van der Waals surface area contributed by atoms with Crippen molar-refractivity contribution >= 4 is 16.7 Å². The average molecular weight is 251 g/mol. The molecule has 5 heteroatoms. The fraction of sp³-hybridized carbons (Fsp3) is 0.333. The van der Waals surface area contributed by atoms with Crippen LogP contribution in [0, 0.1) is 5.82 Å². The lowest BCUT2D eigenvalue weighted by atomic mass is 10.2. The molecular weight excluding hydrogens is 237 g/mol. The highest BCUT2D eigenvalue weighted by Crippen LogP contribution is 2.19. The summed E-state index contributed by atoms with van der Waals surface area (Å²) in [4.78, 5) is 6.28. The van der Waals surface area contributed by atoms with Gasteiger partial charge in [-0.15, -0.1) is 0 Å². The Labute approximate surface area is 104 Å². The Morgan fingerprint density at radius 2 is 2.12 bits per heavy atom. The maximum atomic E-state index is 13.5. The Balaban J connectivity index is 2.11. The van der Waals surface area contributed by atoms with Gasteiger partial charge >= 0.3 is 0 Å². The van der Waals surface area contributed by atoms with Gasteiger partial charge < -0.3 is 4.90 Å². The molecule has 2 rings (SSSR count). The first-order valence-corrected chi connectivity index (χ1v) is 6.25. The first-order chi connectivity index (χ1) is 8.20. The van der Waals surface area contributed by atoms with Crippen molar-refractivity contribution in [2.24, 2.45) is 0 Å². The summed E-state index contributed by atoms with van der Waals surface area (Å²) in [5.74, 6) is 0.657. The number of aromatic nitrogens is 2. The van der Waals surface area contributed by atoms with Crippen LogP contribution in [-0.2, 0) is 13.0 Å². The van der Waals surface area contributed by atoms with E-state index in [9.17, 15) is 4.39 Å². The topological polar surface area (TPSA) is 29.0 Å². The molecule has 0 aliphatic rings. The number of halogens is 1. The molecule has 0 atom stereocenters. The molecule has 1 aromatic carbocycles. The number of hydrogen-bond donors (Lipinski definition) is 0. The molecule has 0 bridgehead atoms. The second kappa shape index (κ2) is 5.23. The highest BCUT2D eigenvalue weighted by molar-refractivity contribution is 7.09. The summed E-state index contributed by atoms with van der Waals surface area (Å²) >= 11 is 1.35. The van der Waals surface area contributed by atoms with Gasteiger partial charge in [0.15, 0.2) is 0 Å². The van der Waals surface area contributed by atoms with Gasteiger partial charge in [-0.1, -0.05) is 25.1 Å². The molecule has 0 saturated heterocycles. The van der Waals surface area contributed by atoms with Gasteiger partial charge in [0, 0.05) is 37.1 Å². The molecule has 0 N–H and O–H groups in total. The van der Waals surface area contributed by atoms with Gasteiger partial charge in [0.1, 0.15) is 11.6 Å². The molecule has 3 nitrogen and oxygen atoms in total. The van der Waals surface area contributed by atoms with E-state index in [0.29, 0.717) is 12.1 Å². The highest BCUT2D eigenvalue weighted by Gasteiger charge is 2.10. The molecule has 0 aliphatic heterocycles. The molecule has 0 amide bonds. The van der Waals surface area contributed by atoms with Gasteiger partial charge in [-0.25, -0.2) is 9.37 Å². The SMILES string of the molecule is CCc1nsc(N(C)Cc2ccccc2F)n1. The van der Waals surface area contributed by atoms with Crippen molar-refractivity contribution < 1.29 is 4.39 Å². The Bertz CT molecular complexity index is 498. The third-order valence-electron chi connectivity index (χ3n) is 2.47. The molecule has 0 fully saturated rings. The van der Waals surface area contributed by atoms with Crippen LogP contribution in [0.4, 0.5) is 9.52 Å². The van der Waals surface area contributed by atoms with Crippen LogP contribution in [0.1, 0.15) is 18.3 Å². The molecule has 1 heterocycles. The molecule has 0 radical (unpaired) electrons. The van der Waals surface area contributed by atoms with Crippen LogP contribution >= 0.6 is 11.5 Å². The van der Waals surface area contributed by atoms with Crippen LogP contribution in [0.3, 0.4) is 0 Å². The van der Waals surface area contributed by atoms with E-state index >= 15 is 0 Å². The fourth-order valence-electron chi connectivity index (χ4n) is 1.49. The van der Waals surface area contributed by atoms with E-state index in [-0.39, 0.29) is 5.82 Å². The van der Waals surface area contributed by atoms with Crippen LogP contribution in [0.25, 0.3) is 0 Å². The van der Waals surface area contributed by atoms with Crippen molar-refractivity contribution in [2.75, 3.05) is 11.9 Å². The van der Waals surface area contributed by atoms with Crippen molar-refractivity contribution in [1.29, 1.82) is 0 Å². The molecular formula is C12H14FN3S. The minimum atomic E-state index is -0.181. The summed E-state index contributed by atoms with van der Waals surface area (Å²) in [7, 11) is 1.90. The Hall–Kier alpha value is -1.49. The maximum absolute atomic E-state index is 13.5. The number of nitrogens with zero attached hydrogens (tertiary/aromatic N) is 3. The number of rotatable bonds is 4. The molecule has 0 aliphatic carbocycles. The maximum Gasteiger partial charge on any atom is 0.205 e. The first-order valence-electron chi connectivity index (χ1n) is 5.48. The number of hydrogen-bond acceptors (Lipinski definition) is 4. The molecule has 0 spiro atoms. The van der Waals surface area contributed by atoms with Crippen molar-refractivity contribution in [3.8, 4) is 0 Å². The average Bonchev–Trinajstić information content (AvgIpc) is 2.81. The zero-order chi connectivity index (χ0) is 12.3. The van der Waals surface area contributed by atoms with Crippen molar-refractivity contribution in [3.63, 3.8) is 0 Å². The quantitative estimate of drug-likeness (QED) is 0.836. The van der Waals surface area contributed by atoms with Gasteiger partial charge in [-0.05, 0) is 6.07 Å². The van der Waals surface area contributed by atoms with E-state index in [1.807, 2.05) is 24.9 Å². The van der Waals surface area contributed by atoms with Crippen LogP contribution in [0.2, 0.25) is 0 Å². The van der Waals surface area contributed by atoms with E-state index in [2.05, 4.69) is 9.36 Å². The summed E-state index contributed by atoms with van der Waals surface area (Å²) in [5, 5.41) is 0.824. The Morgan fingerprint density at radius 1 is 1.35 bits per heavy atom. The minimum Gasteiger partial charge on any atom is -0.345 e. The lowest BCUT2D eigenvalue weighted by Crippen LogP contribution is -2.17. The summed E-state index contributed by atoms with van der Waals surface area (Å²) < 4.78 is 17.7. The highest BCUT2D eigenvalue weighted by atomic mass is 32.1. The van der Waals surface area contributed by atoms with Crippen molar-refractivity contribution in [3.05, 3.63) is 41.5 Å².